The minimum Gasteiger partial charge on any atom is -0.355 e. The summed E-state index contributed by atoms with van der Waals surface area (Å²) in [6.07, 6.45) is 0.832. The highest BCUT2D eigenvalue weighted by Crippen LogP contribution is 2.19. The van der Waals surface area contributed by atoms with Gasteiger partial charge >= 0.3 is 0 Å². The number of aliphatic imine (C=N–C) groups is 1. The van der Waals surface area contributed by atoms with Crippen LogP contribution in [0.2, 0.25) is 0 Å². The molecule has 0 aliphatic carbocycles. The van der Waals surface area contributed by atoms with Crippen molar-refractivity contribution in [3.8, 4) is 0 Å². The molecule has 0 spiro atoms. The van der Waals surface area contributed by atoms with Crippen LogP contribution in [0, 0.1) is 13.8 Å². The fraction of sp³-hybridized carbons (Fsp3) is 0.556. The Balaban J connectivity index is 0.00000420. The molecule has 8 nitrogen and oxygen atoms in total. The van der Waals surface area contributed by atoms with E-state index in [2.05, 4.69) is 34.6 Å². The molecular weight excluding hydrogens is 523 g/mol. The predicted octanol–water partition coefficient (Wildman–Crippen LogP) is 2.13. The van der Waals surface area contributed by atoms with Gasteiger partial charge in [0.25, 0.3) is 10.0 Å². The summed E-state index contributed by atoms with van der Waals surface area (Å²) in [4.78, 5) is 4.24. The van der Waals surface area contributed by atoms with Crippen LogP contribution >= 0.6 is 35.3 Å². The van der Waals surface area contributed by atoms with Gasteiger partial charge in [0.15, 0.2) is 5.96 Å². The van der Waals surface area contributed by atoms with Gasteiger partial charge in [0.2, 0.25) is 0 Å². The Morgan fingerprint density at radius 1 is 1.41 bits per heavy atom. The van der Waals surface area contributed by atoms with Crippen molar-refractivity contribution in [2.45, 2.75) is 37.4 Å². The number of thiophene rings is 1. The molecular formula is C18H31IN6O2S2. The van der Waals surface area contributed by atoms with Gasteiger partial charge in [0.1, 0.15) is 4.21 Å². The van der Waals surface area contributed by atoms with Crippen LogP contribution < -0.4 is 10.6 Å². The summed E-state index contributed by atoms with van der Waals surface area (Å²) in [5.74, 6) is 0.647. The van der Waals surface area contributed by atoms with Crippen molar-refractivity contribution >= 4 is 51.3 Å². The Morgan fingerprint density at radius 3 is 2.62 bits per heavy atom. The summed E-state index contributed by atoms with van der Waals surface area (Å²) in [5.41, 5.74) is 3.44. The number of aromatic nitrogens is 2. The quantitative estimate of drug-likeness (QED) is 0.297. The van der Waals surface area contributed by atoms with Crippen LogP contribution in [0.25, 0.3) is 0 Å². The summed E-state index contributed by atoms with van der Waals surface area (Å²) in [6, 6.07) is 3.51. The van der Waals surface area contributed by atoms with Gasteiger partial charge in [-0.25, -0.2) is 8.42 Å². The number of aryl methyl sites for hydroxylation is 2. The molecule has 2 heterocycles. The minimum atomic E-state index is -3.43. The number of halogens is 1. The summed E-state index contributed by atoms with van der Waals surface area (Å²) in [6.45, 7) is 6.98. The van der Waals surface area contributed by atoms with Crippen molar-refractivity contribution in [2.24, 2.45) is 12.0 Å². The van der Waals surface area contributed by atoms with E-state index in [1.54, 1.807) is 31.6 Å². The highest BCUT2D eigenvalue weighted by atomic mass is 127. The van der Waals surface area contributed by atoms with Crippen molar-refractivity contribution in [3.05, 3.63) is 34.5 Å². The number of hydrogen-bond acceptors (Lipinski definition) is 5. The topological polar surface area (TPSA) is 91.6 Å². The van der Waals surface area contributed by atoms with Crippen LogP contribution in [0.4, 0.5) is 0 Å². The van der Waals surface area contributed by atoms with Crippen molar-refractivity contribution < 1.29 is 8.42 Å². The third kappa shape index (κ3) is 6.66. The number of rotatable bonds is 8. The molecule has 164 valence electrons. The number of nitrogens with zero attached hydrogens (tertiary/aromatic N) is 4. The minimum absolute atomic E-state index is 0. The summed E-state index contributed by atoms with van der Waals surface area (Å²) < 4.78 is 28.5. The molecule has 0 aromatic carbocycles. The van der Waals surface area contributed by atoms with Crippen LogP contribution in [0.15, 0.2) is 26.7 Å². The Hall–Kier alpha value is -1.18. The van der Waals surface area contributed by atoms with Gasteiger partial charge < -0.3 is 10.6 Å². The van der Waals surface area contributed by atoms with E-state index >= 15 is 0 Å². The van der Waals surface area contributed by atoms with Crippen molar-refractivity contribution in [3.63, 3.8) is 0 Å². The van der Waals surface area contributed by atoms with E-state index in [-0.39, 0.29) is 30.0 Å². The largest absolute Gasteiger partial charge is 0.355 e. The average molecular weight is 555 g/mol. The third-order valence-electron chi connectivity index (χ3n) is 4.65. The van der Waals surface area contributed by atoms with Crippen LogP contribution in [0.1, 0.15) is 23.9 Å². The molecule has 0 aliphatic rings. The maximum absolute atomic E-state index is 12.4. The summed E-state index contributed by atoms with van der Waals surface area (Å²) >= 11 is 1.22. The first-order valence-corrected chi connectivity index (χ1v) is 11.4. The van der Waals surface area contributed by atoms with Crippen molar-refractivity contribution in [1.82, 2.24) is 24.7 Å². The lowest BCUT2D eigenvalue weighted by atomic mass is 10.1. The first-order chi connectivity index (χ1) is 13.2. The lowest BCUT2D eigenvalue weighted by Gasteiger charge is -2.20. The molecule has 2 aromatic rings. The van der Waals surface area contributed by atoms with E-state index in [0.717, 1.165) is 17.8 Å². The van der Waals surface area contributed by atoms with Gasteiger partial charge in [-0.3, -0.25) is 9.67 Å². The lowest BCUT2D eigenvalue weighted by Crippen LogP contribution is -2.45. The highest BCUT2D eigenvalue weighted by Gasteiger charge is 2.21. The number of sulfonamides is 1. The van der Waals surface area contributed by atoms with E-state index in [1.165, 1.54) is 21.2 Å². The molecule has 0 saturated heterocycles. The molecule has 2 rings (SSSR count). The predicted molar refractivity (Wildman–Crippen MR) is 130 cm³/mol. The summed E-state index contributed by atoms with van der Waals surface area (Å²) in [7, 11) is 1.81. The van der Waals surface area contributed by atoms with Gasteiger partial charge in [-0.1, -0.05) is 6.07 Å². The molecule has 0 saturated carbocycles. The molecule has 0 fully saturated rings. The fourth-order valence-corrected chi connectivity index (χ4v) is 5.29. The molecule has 29 heavy (non-hydrogen) atoms. The van der Waals surface area contributed by atoms with Crippen LogP contribution in [-0.2, 0) is 23.5 Å². The maximum Gasteiger partial charge on any atom is 0.252 e. The molecule has 2 N–H and O–H groups in total. The average Bonchev–Trinajstić information content (AvgIpc) is 3.26. The van der Waals surface area contributed by atoms with Crippen LogP contribution in [-0.4, -0.2) is 61.7 Å². The molecule has 0 amide bonds. The van der Waals surface area contributed by atoms with Gasteiger partial charge in [-0.15, -0.1) is 35.3 Å². The second-order valence-corrected chi connectivity index (χ2v) is 10.00. The van der Waals surface area contributed by atoms with Crippen LogP contribution in [0.3, 0.4) is 0 Å². The van der Waals surface area contributed by atoms with Gasteiger partial charge in [-0.2, -0.15) is 9.40 Å². The Labute approximate surface area is 194 Å². The Kier molecular flexibility index (Phi) is 10.1. The first kappa shape index (κ1) is 25.9. The van der Waals surface area contributed by atoms with Crippen molar-refractivity contribution in [2.75, 3.05) is 27.2 Å². The Bertz CT molecular complexity index is 909. The van der Waals surface area contributed by atoms with Crippen molar-refractivity contribution in [1.29, 1.82) is 0 Å². The van der Waals surface area contributed by atoms with E-state index in [4.69, 9.17) is 0 Å². The van der Waals surface area contributed by atoms with Crippen LogP contribution in [0.5, 0.6) is 0 Å². The monoisotopic (exact) mass is 554 g/mol. The number of likely N-dealkylation sites (N-methyl/N-ethyl adjacent to an activating group) is 1. The van der Waals surface area contributed by atoms with E-state index in [1.807, 2.05) is 18.7 Å². The van der Waals surface area contributed by atoms with E-state index in [9.17, 15) is 8.42 Å². The van der Waals surface area contributed by atoms with E-state index < -0.39 is 10.0 Å². The highest BCUT2D eigenvalue weighted by molar-refractivity contribution is 14.0. The number of guanidine groups is 1. The summed E-state index contributed by atoms with van der Waals surface area (Å²) in [5, 5.41) is 12.8. The standard InChI is InChI=1S/C18H30N6O2S2.HI/c1-13(12-16-14(2)22-24(6)15(16)3)21-18(19-4)20-9-10-23(5)28(25,26)17-8-7-11-27-17;/h7-8,11,13H,9-10,12H2,1-6H3,(H2,19,20,21);1H. The van der Waals surface area contributed by atoms with E-state index in [0.29, 0.717) is 23.3 Å². The van der Waals surface area contributed by atoms with Gasteiger partial charge in [0.05, 0.1) is 5.69 Å². The number of nitrogens with one attached hydrogen (secondary N) is 2. The van der Waals surface area contributed by atoms with Gasteiger partial charge in [-0.05, 0) is 44.2 Å². The normalized spacial score (nSPS) is 13.3. The zero-order valence-corrected chi connectivity index (χ0v) is 21.7. The maximum atomic E-state index is 12.4. The third-order valence-corrected chi connectivity index (χ3v) is 7.88. The molecule has 2 aromatic heterocycles. The molecule has 0 radical (unpaired) electrons. The molecule has 0 aliphatic heterocycles. The zero-order chi connectivity index (χ0) is 20.9. The SMILES string of the molecule is CN=C(NCCN(C)S(=O)(=O)c1cccs1)NC(C)Cc1c(C)nn(C)c1C.I. The molecule has 1 unspecified atom stereocenters. The Morgan fingerprint density at radius 2 is 2.10 bits per heavy atom. The second-order valence-electron chi connectivity index (χ2n) is 6.78. The fourth-order valence-electron chi connectivity index (χ4n) is 2.91. The molecule has 11 heteroatoms. The molecule has 1 atom stereocenters. The smallest absolute Gasteiger partial charge is 0.252 e. The second kappa shape index (κ2) is 11.3. The van der Waals surface area contributed by atoms with Gasteiger partial charge in [0, 0.05) is 46.0 Å². The zero-order valence-electron chi connectivity index (χ0n) is 17.8. The first-order valence-electron chi connectivity index (χ1n) is 9.13. The number of hydrogen-bond donors (Lipinski definition) is 2. The molecule has 0 bridgehead atoms. The lowest BCUT2D eigenvalue weighted by molar-refractivity contribution is 0.471.